The van der Waals surface area contributed by atoms with Gasteiger partial charge in [0.1, 0.15) is 0 Å². The van der Waals surface area contributed by atoms with Gasteiger partial charge in [0.25, 0.3) is 0 Å². The van der Waals surface area contributed by atoms with Gasteiger partial charge in [-0.3, -0.25) is 0 Å². The molecule has 11 heavy (non-hydrogen) atoms. The zero-order valence-corrected chi connectivity index (χ0v) is 7.94. The Morgan fingerprint density at radius 2 is 2.00 bits per heavy atom. The zero-order valence-electron chi connectivity index (χ0n) is 7.94. The second kappa shape index (κ2) is 4.96. The lowest BCUT2D eigenvalue weighted by molar-refractivity contribution is 0.763. The van der Waals surface area contributed by atoms with Crippen LogP contribution < -0.4 is 0 Å². The first-order valence-electron chi connectivity index (χ1n) is 4.23. The van der Waals surface area contributed by atoms with Crippen LogP contribution >= 0.6 is 0 Å². The van der Waals surface area contributed by atoms with Crippen molar-refractivity contribution < 1.29 is 0 Å². The van der Waals surface area contributed by atoms with Crippen molar-refractivity contribution in [2.45, 2.75) is 40.5 Å². The molecule has 0 bridgehead atoms. The van der Waals surface area contributed by atoms with Gasteiger partial charge < -0.3 is 0 Å². The van der Waals surface area contributed by atoms with Gasteiger partial charge in [-0.1, -0.05) is 32.8 Å². The van der Waals surface area contributed by atoms with Gasteiger partial charge in [0.15, 0.2) is 0 Å². The molecule has 0 saturated carbocycles. The molecule has 0 radical (unpaired) electrons. The van der Waals surface area contributed by atoms with Crippen LogP contribution in [-0.4, -0.2) is 0 Å². The number of hydrogen-bond acceptors (Lipinski definition) is 1. The number of nitrogens with zero attached hydrogens (tertiary/aromatic N) is 1. The van der Waals surface area contributed by atoms with E-state index in [1.807, 2.05) is 0 Å². The average Bonchev–Trinajstić information content (AvgIpc) is 1.88. The van der Waals surface area contributed by atoms with E-state index in [4.69, 9.17) is 5.26 Å². The molecule has 0 aliphatic heterocycles. The van der Waals surface area contributed by atoms with Crippen molar-refractivity contribution in [3.05, 3.63) is 11.1 Å². The maximum absolute atomic E-state index is 8.79. The van der Waals surface area contributed by atoms with Crippen LogP contribution in [0.4, 0.5) is 0 Å². The molecule has 0 N–H and O–H groups in total. The second-order valence-electron chi connectivity index (χ2n) is 3.21. The van der Waals surface area contributed by atoms with Crippen LogP contribution in [0.15, 0.2) is 11.1 Å². The predicted octanol–water partition coefficient (Wildman–Crippen LogP) is 3.28. The van der Waals surface area contributed by atoms with Crippen LogP contribution in [0, 0.1) is 17.2 Å². The summed E-state index contributed by atoms with van der Waals surface area (Å²) in [5.41, 5.74) is 2.22. The Morgan fingerprint density at radius 1 is 1.45 bits per heavy atom. The van der Waals surface area contributed by atoms with Crippen molar-refractivity contribution in [2.75, 3.05) is 0 Å². The molecule has 0 rings (SSSR count). The van der Waals surface area contributed by atoms with Crippen LogP contribution in [0.3, 0.4) is 0 Å². The topological polar surface area (TPSA) is 23.8 Å². The molecule has 0 spiro atoms. The van der Waals surface area contributed by atoms with Crippen LogP contribution in [-0.2, 0) is 0 Å². The zero-order chi connectivity index (χ0) is 8.85. The van der Waals surface area contributed by atoms with Crippen LogP contribution in [0.25, 0.3) is 0 Å². The first-order valence-corrected chi connectivity index (χ1v) is 4.23. The highest BCUT2D eigenvalue weighted by Gasteiger charge is 2.04. The van der Waals surface area contributed by atoms with E-state index in [1.54, 1.807) is 0 Å². The van der Waals surface area contributed by atoms with Crippen LogP contribution in [0.2, 0.25) is 0 Å². The largest absolute Gasteiger partial charge is 0.193 e. The Hall–Kier alpha value is -0.770. The van der Waals surface area contributed by atoms with E-state index in [0.29, 0.717) is 5.92 Å². The van der Waals surface area contributed by atoms with Crippen molar-refractivity contribution in [1.29, 1.82) is 5.26 Å². The fourth-order valence-corrected chi connectivity index (χ4v) is 1.23. The normalized spacial score (nSPS) is 12.7. The van der Waals surface area contributed by atoms with Gasteiger partial charge >= 0.3 is 0 Å². The molecular formula is C10H17N. The molecule has 0 heterocycles. The molecule has 0 fully saturated rings. The van der Waals surface area contributed by atoms with Crippen molar-refractivity contribution in [1.82, 2.24) is 0 Å². The van der Waals surface area contributed by atoms with Crippen LogP contribution in [0.5, 0.6) is 0 Å². The van der Waals surface area contributed by atoms with Crippen molar-refractivity contribution in [3.8, 4) is 6.07 Å². The minimum Gasteiger partial charge on any atom is -0.193 e. The second-order valence-corrected chi connectivity index (χ2v) is 3.21. The van der Waals surface area contributed by atoms with E-state index >= 15 is 0 Å². The van der Waals surface area contributed by atoms with Crippen molar-refractivity contribution in [2.24, 2.45) is 5.92 Å². The third-order valence-electron chi connectivity index (χ3n) is 1.78. The van der Waals surface area contributed by atoms with Gasteiger partial charge in [-0.25, -0.2) is 0 Å². The lowest BCUT2D eigenvalue weighted by Crippen LogP contribution is -1.95. The van der Waals surface area contributed by atoms with Gasteiger partial charge in [0.2, 0.25) is 0 Å². The Kier molecular flexibility index (Phi) is 4.61. The summed E-state index contributed by atoms with van der Waals surface area (Å²) in [5.74, 6) is 0.381. The van der Waals surface area contributed by atoms with Gasteiger partial charge in [-0.2, -0.15) is 5.26 Å². The van der Waals surface area contributed by atoms with Crippen molar-refractivity contribution in [3.63, 3.8) is 0 Å². The Balaban J connectivity index is 4.44. The Labute approximate surface area is 69.7 Å². The number of rotatable bonds is 3. The first-order chi connectivity index (χ1) is 5.13. The molecule has 0 amide bonds. The van der Waals surface area contributed by atoms with E-state index in [9.17, 15) is 0 Å². The summed E-state index contributed by atoms with van der Waals surface area (Å²) >= 11 is 0. The van der Waals surface area contributed by atoms with E-state index < -0.39 is 0 Å². The summed E-state index contributed by atoms with van der Waals surface area (Å²) in [7, 11) is 0. The minimum absolute atomic E-state index is 0.381. The fraction of sp³-hybridized carbons (Fsp3) is 0.700. The Bertz CT molecular complexity index is 182. The lowest BCUT2D eigenvalue weighted by atomic mass is 9.97. The van der Waals surface area contributed by atoms with Crippen LogP contribution in [0.1, 0.15) is 40.5 Å². The van der Waals surface area contributed by atoms with Crippen molar-refractivity contribution >= 4 is 0 Å². The average molecular weight is 151 g/mol. The van der Waals surface area contributed by atoms with E-state index in [1.165, 1.54) is 5.57 Å². The monoisotopic (exact) mass is 151 g/mol. The summed E-state index contributed by atoms with van der Waals surface area (Å²) in [5, 5.41) is 8.79. The summed E-state index contributed by atoms with van der Waals surface area (Å²) in [4.78, 5) is 0. The molecule has 0 aromatic carbocycles. The summed E-state index contributed by atoms with van der Waals surface area (Å²) in [6.45, 7) is 8.33. The van der Waals surface area contributed by atoms with Gasteiger partial charge in [0, 0.05) is 5.57 Å². The number of nitriles is 1. The highest BCUT2D eigenvalue weighted by Crippen LogP contribution is 2.17. The fourth-order valence-electron chi connectivity index (χ4n) is 1.23. The smallest absolute Gasteiger partial charge is 0.0949 e. The van der Waals surface area contributed by atoms with E-state index in [-0.39, 0.29) is 0 Å². The molecule has 0 saturated heterocycles. The molecule has 0 aliphatic carbocycles. The third kappa shape index (κ3) is 3.23. The molecular weight excluding hydrogens is 134 g/mol. The summed E-state index contributed by atoms with van der Waals surface area (Å²) < 4.78 is 0. The molecule has 0 unspecified atom stereocenters. The highest BCUT2D eigenvalue weighted by molar-refractivity contribution is 5.28. The molecule has 0 atom stereocenters. The molecule has 0 aromatic rings. The summed E-state index contributed by atoms with van der Waals surface area (Å²) in [6, 6.07) is 2.27. The molecule has 62 valence electrons. The SMILES string of the molecule is CCC/C(C)=C(/C#N)C(C)C. The summed E-state index contributed by atoms with van der Waals surface area (Å²) in [6.07, 6.45) is 2.19. The highest BCUT2D eigenvalue weighted by atomic mass is 14.3. The molecule has 1 heteroatoms. The van der Waals surface area contributed by atoms with Gasteiger partial charge in [-0.15, -0.1) is 0 Å². The maximum atomic E-state index is 8.79. The number of hydrogen-bond donors (Lipinski definition) is 0. The predicted molar refractivity (Wildman–Crippen MR) is 48.1 cm³/mol. The van der Waals surface area contributed by atoms with E-state index in [0.717, 1.165) is 18.4 Å². The Morgan fingerprint density at radius 3 is 2.27 bits per heavy atom. The standard InChI is InChI=1S/C10H17N/c1-5-6-9(4)10(7-11)8(2)3/h8H,5-6H2,1-4H3/b10-9-. The maximum Gasteiger partial charge on any atom is 0.0949 e. The molecule has 1 nitrogen and oxygen atoms in total. The first kappa shape index (κ1) is 10.2. The molecule has 0 aromatic heterocycles. The lowest BCUT2D eigenvalue weighted by Gasteiger charge is -2.06. The number of allylic oxidation sites excluding steroid dienone is 2. The van der Waals surface area contributed by atoms with Gasteiger partial charge in [-0.05, 0) is 19.3 Å². The van der Waals surface area contributed by atoms with Gasteiger partial charge in [0.05, 0.1) is 6.07 Å². The minimum atomic E-state index is 0.381. The quantitative estimate of drug-likeness (QED) is 0.568. The molecule has 0 aliphatic rings. The van der Waals surface area contributed by atoms with E-state index in [2.05, 4.69) is 33.8 Å². The third-order valence-corrected chi connectivity index (χ3v) is 1.78.